The second kappa shape index (κ2) is 6.68. The molecule has 1 N–H and O–H groups in total. The molecule has 0 saturated carbocycles. The topological polar surface area (TPSA) is 76.2 Å². The fourth-order valence-corrected chi connectivity index (χ4v) is 4.56. The van der Waals surface area contributed by atoms with E-state index in [9.17, 15) is 14.4 Å². The molecule has 0 spiro atoms. The summed E-state index contributed by atoms with van der Waals surface area (Å²) >= 11 is 0. The molecule has 0 unspecified atom stereocenters. The summed E-state index contributed by atoms with van der Waals surface area (Å²) < 4.78 is 0. The average molecular weight is 385 g/mol. The second-order valence-electron chi connectivity index (χ2n) is 8.03. The minimum Gasteiger partial charge on any atom is -0.334 e. The number of amides is 5. The van der Waals surface area contributed by atoms with Crippen molar-refractivity contribution in [3.8, 4) is 0 Å². The SMILES string of the molecule is Cc1ccc([C@@H]2CCCN2C(=O)CN2C(=O)N[C@@H]3[C@@H]2N(C)C(=O)N3C)cc1C. The average Bonchev–Trinajstić information content (AvgIpc) is 3.32. The highest BCUT2D eigenvalue weighted by Gasteiger charge is 2.53. The van der Waals surface area contributed by atoms with E-state index < -0.39 is 12.3 Å². The Morgan fingerprint density at radius 1 is 1.14 bits per heavy atom. The maximum atomic E-state index is 13.1. The molecule has 5 amide bonds. The number of carbonyl (C=O) groups excluding carboxylic acids is 3. The Morgan fingerprint density at radius 3 is 2.61 bits per heavy atom. The predicted octanol–water partition coefficient (Wildman–Crippen LogP) is 1.64. The molecular formula is C20H27N5O3. The van der Waals surface area contributed by atoms with Crippen molar-refractivity contribution in [1.82, 2.24) is 24.9 Å². The van der Waals surface area contributed by atoms with Crippen LogP contribution in [0.15, 0.2) is 18.2 Å². The normalized spacial score (nSPS) is 26.9. The molecule has 4 rings (SSSR count). The first kappa shape index (κ1) is 18.6. The Bertz CT molecular complexity index is 841. The standard InChI is InChI=1S/C20H27N5O3/c1-12-7-8-14(10-13(12)2)15-6-5-9-24(15)16(26)11-25-18-17(21-19(25)27)22(3)20(28)23(18)4/h7-8,10,15,17-18H,5-6,9,11H2,1-4H3,(H,21,27)/t15-,17-,18+/m0/s1. The number of likely N-dealkylation sites (tertiary alicyclic amines) is 1. The number of urea groups is 2. The van der Waals surface area contributed by atoms with Gasteiger partial charge in [0.1, 0.15) is 18.9 Å². The molecule has 1 aromatic carbocycles. The zero-order valence-corrected chi connectivity index (χ0v) is 16.8. The summed E-state index contributed by atoms with van der Waals surface area (Å²) in [6.07, 6.45) is 0.986. The molecule has 0 aliphatic carbocycles. The third-order valence-corrected chi connectivity index (χ3v) is 6.35. The summed E-state index contributed by atoms with van der Waals surface area (Å²) in [4.78, 5) is 44.1. The molecule has 0 bridgehead atoms. The van der Waals surface area contributed by atoms with Crippen molar-refractivity contribution in [3.63, 3.8) is 0 Å². The van der Waals surface area contributed by atoms with Gasteiger partial charge in [0, 0.05) is 20.6 Å². The Balaban J connectivity index is 1.52. The van der Waals surface area contributed by atoms with E-state index in [2.05, 4.69) is 37.4 Å². The van der Waals surface area contributed by atoms with Crippen molar-refractivity contribution in [2.45, 2.75) is 45.1 Å². The molecule has 0 aromatic heterocycles. The number of aryl methyl sites for hydroxylation is 2. The van der Waals surface area contributed by atoms with Gasteiger partial charge in [0.25, 0.3) is 0 Å². The molecule has 3 aliphatic rings. The molecular weight excluding hydrogens is 358 g/mol. The van der Waals surface area contributed by atoms with Gasteiger partial charge in [-0.1, -0.05) is 18.2 Å². The monoisotopic (exact) mass is 385 g/mol. The Hall–Kier alpha value is -2.77. The number of fused-ring (bicyclic) bond motifs is 1. The summed E-state index contributed by atoms with van der Waals surface area (Å²) in [7, 11) is 3.32. The molecule has 3 fully saturated rings. The first-order valence-electron chi connectivity index (χ1n) is 9.73. The summed E-state index contributed by atoms with van der Waals surface area (Å²) in [5.41, 5.74) is 3.59. The minimum atomic E-state index is -0.461. The van der Waals surface area contributed by atoms with Crippen molar-refractivity contribution < 1.29 is 14.4 Å². The molecule has 28 heavy (non-hydrogen) atoms. The smallest absolute Gasteiger partial charge is 0.323 e. The minimum absolute atomic E-state index is 0.0280. The first-order valence-corrected chi connectivity index (χ1v) is 9.73. The lowest BCUT2D eigenvalue weighted by molar-refractivity contribution is -0.133. The van der Waals surface area contributed by atoms with Crippen LogP contribution in [-0.4, -0.2) is 77.1 Å². The molecule has 3 atom stereocenters. The van der Waals surface area contributed by atoms with Gasteiger partial charge >= 0.3 is 12.1 Å². The van der Waals surface area contributed by atoms with E-state index in [-0.39, 0.29) is 30.6 Å². The molecule has 8 nitrogen and oxygen atoms in total. The third kappa shape index (κ3) is 2.78. The lowest BCUT2D eigenvalue weighted by atomic mass is 9.99. The summed E-state index contributed by atoms with van der Waals surface area (Å²) in [6.45, 7) is 4.82. The number of hydrogen-bond acceptors (Lipinski definition) is 3. The van der Waals surface area contributed by atoms with E-state index in [0.29, 0.717) is 6.54 Å². The maximum Gasteiger partial charge on any atom is 0.323 e. The van der Waals surface area contributed by atoms with E-state index in [1.165, 1.54) is 25.8 Å². The molecule has 0 radical (unpaired) electrons. The van der Waals surface area contributed by atoms with Crippen molar-refractivity contribution in [2.75, 3.05) is 27.2 Å². The zero-order valence-electron chi connectivity index (χ0n) is 16.8. The van der Waals surface area contributed by atoms with Crippen LogP contribution >= 0.6 is 0 Å². The van der Waals surface area contributed by atoms with Gasteiger partial charge in [-0.15, -0.1) is 0 Å². The van der Waals surface area contributed by atoms with E-state index in [1.54, 1.807) is 14.1 Å². The van der Waals surface area contributed by atoms with Crippen LogP contribution in [0, 0.1) is 13.8 Å². The first-order chi connectivity index (χ1) is 13.3. The number of benzene rings is 1. The molecule has 3 heterocycles. The van der Waals surface area contributed by atoms with Gasteiger partial charge in [0.15, 0.2) is 0 Å². The van der Waals surface area contributed by atoms with Crippen LogP contribution in [0.25, 0.3) is 0 Å². The fraction of sp³-hybridized carbons (Fsp3) is 0.550. The van der Waals surface area contributed by atoms with E-state index >= 15 is 0 Å². The summed E-state index contributed by atoms with van der Waals surface area (Å²) in [6, 6.07) is 5.91. The van der Waals surface area contributed by atoms with E-state index in [1.807, 2.05) is 4.90 Å². The fourth-order valence-electron chi connectivity index (χ4n) is 4.56. The maximum absolute atomic E-state index is 13.1. The van der Waals surface area contributed by atoms with Crippen LogP contribution in [0.4, 0.5) is 9.59 Å². The van der Waals surface area contributed by atoms with Crippen LogP contribution < -0.4 is 5.32 Å². The van der Waals surface area contributed by atoms with Crippen LogP contribution in [0.2, 0.25) is 0 Å². The highest BCUT2D eigenvalue weighted by molar-refractivity contribution is 5.89. The summed E-state index contributed by atoms with van der Waals surface area (Å²) in [5, 5.41) is 2.81. The Morgan fingerprint density at radius 2 is 1.89 bits per heavy atom. The van der Waals surface area contributed by atoms with Crippen molar-refractivity contribution >= 4 is 18.0 Å². The lowest BCUT2D eigenvalue weighted by Crippen LogP contribution is -2.49. The number of hydrogen-bond donors (Lipinski definition) is 1. The number of carbonyl (C=O) groups is 3. The van der Waals surface area contributed by atoms with Crippen molar-refractivity contribution in [2.24, 2.45) is 0 Å². The van der Waals surface area contributed by atoms with Gasteiger partial charge in [0.2, 0.25) is 5.91 Å². The van der Waals surface area contributed by atoms with Crippen LogP contribution in [0.5, 0.6) is 0 Å². The van der Waals surface area contributed by atoms with E-state index in [4.69, 9.17) is 0 Å². The molecule has 3 aliphatic heterocycles. The summed E-state index contributed by atoms with van der Waals surface area (Å²) in [5.74, 6) is -0.0769. The zero-order chi connectivity index (χ0) is 20.2. The lowest BCUT2D eigenvalue weighted by Gasteiger charge is -2.30. The number of rotatable bonds is 3. The van der Waals surface area contributed by atoms with Gasteiger partial charge in [-0.3, -0.25) is 9.69 Å². The molecule has 3 saturated heterocycles. The number of likely N-dealkylation sites (N-methyl/N-ethyl adjacent to an activating group) is 2. The molecule has 1 aromatic rings. The van der Waals surface area contributed by atoms with Crippen LogP contribution in [-0.2, 0) is 4.79 Å². The second-order valence-corrected chi connectivity index (χ2v) is 8.03. The van der Waals surface area contributed by atoms with Gasteiger partial charge in [-0.05, 0) is 43.4 Å². The van der Waals surface area contributed by atoms with Crippen molar-refractivity contribution in [3.05, 3.63) is 34.9 Å². The van der Waals surface area contributed by atoms with Gasteiger partial charge in [-0.25, -0.2) is 9.59 Å². The quantitative estimate of drug-likeness (QED) is 0.859. The van der Waals surface area contributed by atoms with Crippen molar-refractivity contribution in [1.29, 1.82) is 0 Å². The predicted molar refractivity (Wildman–Crippen MR) is 103 cm³/mol. The van der Waals surface area contributed by atoms with Crippen LogP contribution in [0.3, 0.4) is 0 Å². The third-order valence-electron chi connectivity index (χ3n) is 6.35. The largest absolute Gasteiger partial charge is 0.334 e. The van der Waals surface area contributed by atoms with Gasteiger partial charge in [0.05, 0.1) is 6.04 Å². The molecule has 8 heteroatoms. The highest BCUT2D eigenvalue weighted by atomic mass is 16.2. The Labute approximate surface area is 165 Å². The van der Waals surface area contributed by atoms with Gasteiger partial charge < -0.3 is 20.0 Å². The number of nitrogens with zero attached hydrogens (tertiary/aromatic N) is 4. The van der Waals surface area contributed by atoms with E-state index in [0.717, 1.165) is 18.4 Å². The number of nitrogens with one attached hydrogen (secondary N) is 1. The van der Waals surface area contributed by atoms with Crippen LogP contribution in [0.1, 0.15) is 35.6 Å². The van der Waals surface area contributed by atoms with Gasteiger partial charge in [-0.2, -0.15) is 0 Å². The Kier molecular flexibility index (Phi) is 4.44. The molecule has 150 valence electrons. The highest BCUT2D eigenvalue weighted by Crippen LogP contribution is 2.34.